The molecule has 0 saturated carbocycles. The average molecular weight is 339 g/mol. The highest BCUT2D eigenvalue weighted by atomic mass is 35.5. The molecule has 3 nitrogen and oxygen atoms in total. The number of halogens is 5. The van der Waals surface area contributed by atoms with Gasteiger partial charge in [-0.15, -0.1) is 12.4 Å². The van der Waals surface area contributed by atoms with Crippen LogP contribution in [-0.4, -0.2) is 25.5 Å². The lowest BCUT2D eigenvalue weighted by atomic mass is 10.1. The molecule has 0 unspecified atom stereocenters. The molecule has 2 N–H and O–H groups in total. The molecule has 1 aliphatic rings. The number of hydrogen-bond acceptors (Lipinski definition) is 2. The smallest absolute Gasteiger partial charge is 0.348 e. The molecule has 0 bridgehead atoms. The second kappa shape index (κ2) is 7.60. The van der Waals surface area contributed by atoms with Crippen LogP contribution >= 0.6 is 12.4 Å². The summed E-state index contributed by atoms with van der Waals surface area (Å²) in [4.78, 5) is 11.8. The maximum atomic E-state index is 13.8. The predicted octanol–water partition coefficient (Wildman–Crippen LogP) is 2.92. The van der Waals surface area contributed by atoms with E-state index < -0.39 is 29.0 Å². The molecule has 1 aromatic rings. The monoisotopic (exact) mass is 338 g/mol. The number of carbonyl (C=O) groups excluding carboxylic acids is 1. The largest absolute Gasteiger partial charge is 0.419 e. The molecule has 22 heavy (non-hydrogen) atoms. The van der Waals surface area contributed by atoms with E-state index in [9.17, 15) is 22.4 Å². The van der Waals surface area contributed by atoms with Gasteiger partial charge in [-0.3, -0.25) is 4.79 Å². The Labute approximate surface area is 131 Å². The Kier molecular flexibility index (Phi) is 6.37. The molecule has 0 aromatic heterocycles. The summed E-state index contributed by atoms with van der Waals surface area (Å²) < 4.78 is 51.5. The molecular formula is C14H15ClF4N2O. The van der Waals surface area contributed by atoms with E-state index in [2.05, 4.69) is 10.6 Å². The van der Waals surface area contributed by atoms with E-state index in [1.54, 1.807) is 0 Å². The van der Waals surface area contributed by atoms with Gasteiger partial charge in [0.1, 0.15) is 5.82 Å². The minimum absolute atomic E-state index is 0. The molecule has 2 rings (SSSR count). The van der Waals surface area contributed by atoms with Crippen molar-refractivity contribution in [1.29, 1.82) is 0 Å². The third-order valence-electron chi connectivity index (χ3n) is 3.18. The van der Waals surface area contributed by atoms with Crippen LogP contribution in [0.5, 0.6) is 0 Å². The minimum Gasteiger partial charge on any atom is -0.348 e. The fourth-order valence-electron chi connectivity index (χ4n) is 2.05. The van der Waals surface area contributed by atoms with Crippen molar-refractivity contribution < 1.29 is 22.4 Å². The van der Waals surface area contributed by atoms with Crippen LogP contribution in [-0.2, 0) is 6.18 Å². The van der Waals surface area contributed by atoms with Gasteiger partial charge in [0.15, 0.2) is 0 Å². The van der Waals surface area contributed by atoms with Crippen molar-refractivity contribution in [3.8, 4) is 0 Å². The normalized spacial score (nSPS) is 14.8. The van der Waals surface area contributed by atoms with E-state index in [-0.39, 0.29) is 19.0 Å². The number of nitrogens with one attached hydrogen (secondary N) is 2. The first kappa shape index (κ1) is 18.4. The quantitative estimate of drug-likeness (QED) is 0.657. The zero-order chi connectivity index (χ0) is 15.5. The van der Waals surface area contributed by atoms with Crippen LogP contribution in [0.3, 0.4) is 0 Å². The van der Waals surface area contributed by atoms with Gasteiger partial charge < -0.3 is 10.6 Å². The number of rotatable bonds is 3. The van der Waals surface area contributed by atoms with E-state index in [1.807, 2.05) is 6.08 Å². The lowest BCUT2D eigenvalue weighted by molar-refractivity contribution is -0.140. The van der Waals surface area contributed by atoms with Crippen molar-refractivity contribution in [3.05, 3.63) is 46.8 Å². The van der Waals surface area contributed by atoms with Gasteiger partial charge in [0.25, 0.3) is 5.91 Å². The highest BCUT2D eigenvalue weighted by Gasteiger charge is 2.35. The van der Waals surface area contributed by atoms with Crippen molar-refractivity contribution >= 4 is 18.3 Å². The molecule has 0 atom stereocenters. The fraction of sp³-hybridized carbons (Fsp3) is 0.357. The second-order valence-corrected chi connectivity index (χ2v) is 4.66. The number of carbonyl (C=O) groups is 1. The molecule has 0 aliphatic carbocycles. The zero-order valence-corrected chi connectivity index (χ0v) is 12.3. The summed E-state index contributed by atoms with van der Waals surface area (Å²) in [6.45, 7) is 1.67. The number of alkyl halides is 3. The zero-order valence-electron chi connectivity index (χ0n) is 11.5. The fourth-order valence-corrected chi connectivity index (χ4v) is 2.05. The maximum absolute atomic E-state index is 13.8. The average Bonchev–Trinajstić information content (AvgIpc) is 2.45. The number of hydrogen-bond donors (Lipinski definition) is 2. The van der Waals surface area contributed by atoms with Crippen molar-refractivity contribution in [3.63, 3.8) is 0 Å². The summed E-state index contributed by atoms with van der Waals surface area (Å²) in [5.74, 6) is -2.39. The van der Waals surface area contributed by atoms with Gasteiger partial charge in [0.05, 0.1) is 11.1 Å². The molecule has 1 aromatic carbocycles. The Morgan fingerprint density at radius 2 is 2.05 bits per heavy atom. The highest BCUT2D eigenvalue weighted by Crippen LogP contribution is 2.32. The van der Waals surface area contributed by atoms with Gasteiger partial charge >= 0.3 is 6.18 Å². The summed E-state index contributed by atoms with van der Waals surface area (Å²) in [7, 11) is 0. The molecule has 8 heteroatoms. The van der Waals surface area contributed by atoms with Gasteiger partial charge in [-0.2, -0.15) is 13.2 Å². The van der Waals surface area contributed by atoms with Gasteiger partial charge in [0, 0.05) is 13.1 Å². The van der Waals surface area contributed by atoms with Gasteiger partial charge in [-0.05, 0) is 25.1 Å². The summed E-state index contributed by atoms with van der Waals surface area (Å²) in [5, 5.41) is 5.54. The highest BCUT2D eigenvalue weighted by molar-refractivity contribution is 5.94. The Bertz CT molecular complexity index is 572. The molecule has 122 valence electrons. The first-order chi connectivity index (χ1) is 9.89. The molecule has 0 saturated heterocycles. The summed E-state index contributed by atoms with van der Waals surface area (Å²) in [6.07, 6.45) is -2.18. The van der Waals surface area contributed by atoms with Crippen molar-refractivity contribution in [1.82, 2.24) is 10.6 Å². The standard InChI is InChI=1S/C14H14F4N2O.ClH/c15-12-10(2-1-3-11(12)14(16,17)18)13(21)20-8-9-4-6-19-7-5-9;/h1-4,19H,5-8H2,(H,20,21);1H. The molecule has 0 fully saturated rings. The second-order valence-electron chi connectivity index (χ2n) is 4.66. The third kappa shape index (κ3) is 4.45. The third-order valence-corrected chi connectivity index (χ3v) is 3.18. The first-order valence-corrected chi connectivity index (χ1v) is 6.42. The van der Waals surface area contributed by atoms with E-state index in [0.717, 1.165) is 30.7 Å². The Balaban J connectivity index is 0.00000242. The lowest BCUT2D eigenvalue weighted by Gasteiger charge is -2.15. The van der Waals surface area contributed by atoms with Crippen LogP contribution in [0.15, 0.2) is 29.8 Å². The predicted molar refractivity (Wildman–Crippen MR) is 76.6 cm³/mol. The molecule has 0 radical (unpaired) electrons. The van der Waals surface area contributed by atoms with Crippen LogP contribution in [0.1, 0.15) is 22.3 Å². The van der Waals surface area contributed by atoms with E-state index in [4.69, 9.17) is 0 Å². The summed E-state index contributed by atoms with van der Waals surface area (Å²) >= 11 is 0. The van der Waals surface area contributed by atoms with Crippen LogP contribution < -0.4 is 10.6 Å². The number of amides is 1. The van der Waals surface area contributed by atoms with E-state index in [1.165, 1.54) is 0 Å². The van der Waals surface area contributed by atoms with Gasteiger partial charge in [-0.25, -0.2) is 4.39 Å². The Morgan fingerprint density at radius 3 is 2.64 bits per heavy atom. The molecule has 1 amide bonds. The van der Waals surface area contributed by atoms with Crippen LogP contribution in [0.25, 0.3) is 0 Å². The molecular weight excluding hydrogens is 324 g/mol. The lowest BCUT2D eigenvalue weighted by Crippen LogP contribution is -2.30. The maximum Gasteiger partial charge on any atom is 0.419 e. The Hall–Kier alpha value is -1.60. The summed E-state index contributed by atoms with van der Waals surface area (Å²) in [5.41, 5.74) is -1.06. The van der Waals surface area contributed by atoms with E-state index in [0.29, 0.717) is 12.6 Å². The van der Waals surface area contributed by atoms with Crippen molar-refractivity contribution in [2.75, 3.05) is 19.6 Å². The van der Waals surface area contributed by atoms with Crippen LogP contribution in [0.4, 0.5) is 17.6 Å². The molecule has 0 spiro atoms. The number of benzene rings is 1. The first-order valence-electron chi connectivity index (χ1n) is 6.42. The van der Waals surface area contributed by atoms with Crippen molar-refractivity contribution in [2.45, 2.75) is 12.6 Å². The van der Waals surface area contributed by atoms with E-state index >= 15 is 0 Å². The summed E-state index contributed by atoms with van der Waals surface area (Å²) in [6, 6.07) is 2.67. The Morgan fingerprint density at radius 1 is 1.32 bits per heavy atom. The molecule has 1 heterocycles. The van der Waals surface area contributed by atoms with Gasteiger partial charge in [-0.1, -0.05) is 17.7 Å². The van der Waals surface area contributed by atoms with Gasteiger partial charge in [0.2, 0.25) is 0 Å². The van der Waals surface area contributed by atoms with Crippen molar-refractivity contribution in [2.24, 2.45) is 0 Å². The topological polar surface area (TPSA) is 41.1 Å². The van der Waals surface area contributed by atoms with Crippen LogP contribution in [0.2, 0.25) is 0 Å². The molecule has 1 aliphatic heterocycles. The SMILES string of the molecule is Cl.O=C(NCC1=CCNCC1)c1cccc(C(F)(F)F)c1F. The minimum atomic E-state index is -4.82. The van der Waals surface area contributed by atoms with Crippen LogP contribution in [0, 0.1) is 5.82 Å².